The van der Waals surface area contributed by atoms with Crippen LogP contribution in [-0.2, 0) is 0 Å². The van der Waals surface area contributed by atoms with E-state index >= 15 is 0 Å². The highest BCUT2D eigenvalue weighted by Gasteiger charge is 2.11. The van der Waals surface area contributed by atoms with Crippen LogP contribution in [0.2, 0.25) is 0 Å². The molecular weight excluding hydrogens is 306 g/mol. The van der Waals surface area contributed by atoms with E-state index in [-0.39, 0.29) is 6.61 Å². The van der Waals surface area contributed by atoms with Gasteiger partial charge in [0, 0.05) is 18.0 Å². The van der Waals surface area contributed by atoms with Gasteiger partial charge in [0.2, 0.25) is 0 Å². The summed E-state index contributed by atoms with van der Waals surface area (Å²) in [7, 11) is 0. The molecule has 0 aliphatic carbocycles. The number of unbranched alkanes of at least 4 members (excludes halogenated alkanes) is 2. The number of aliphatic hydroxyl groups is 1. The number of rotatable bonds is 7. The van der Waals surface area contributed by atoms with E-state index in [1.165, 1.54) is 10.4 Å². The van der Waals surface area contributed by atoms with Crippen molar-refractivity contribution in [3.8, 4) is 10.4 Å². The second-order valence-electron chi connectivity index (χ2n) is 5.53. The lowest BCUT2D eigenvalue weighted by Crippen LogP contribution is -2.05. The van der Waals surface area contributed by atoms with Gasteiger partial charge in [-0.25, -0.2) is 9.97 Å². The number of thiophene rings is 1. The van der Waals surface area contributed by atoms with Crippen molar-refractivity contribution in [2.24, 2.45) is 0 Å². The second-order valence-corrected chi connectivity index (χ2v) is 6.56. The highest BCUT2D eigenvalue weighted by molar-refractivity contribution is 7.21. The van der Waals surface area contributed by atoms with Crippen molar-refractivity contribution in [1.82, 2.24) is 9.97 Å². The number of benzene rings is 1. The number of nitrogens with zero attached hydrogens (tertiary/aromatic N) is 2. The predicted molar refractivity (Wildman–Crippen MR) is 97.0 cm³/mol. The van der Waals surface area contributed by atoms with Crippen LogP contribution in [0, 0.1) is 6.92 Å². The summed E-state index contributed by atoms with van der Waals surface area (Å²) in [5.74, 6) is 1.70. The van der Waals surface area contributed by atoms with E-state index in [4.69, 9.17) is 5.11 Å². The van der Waals surface area contributed by atoms with Crippen molar-refractivity contribution in [2.75, 3.05) is 18.5 Å². The third-order valence-corrected chi connectivity index (χ3v) is 4.77. The molecule has 0 saturated heterocycles. The van der Waals surface area contributed by atoms with Crippen LogP contribution in [0.1, 0.15) is 25.1 Å². The maximum Gasteiger partial charge on any atom is 0.138 e. The number of aliphatic hydroxyl groups excluding tert-OH is 1. The zero-order valence-electron chi connectivity index (χ0n) is 13.2. The third-order valence-electron chi connectivity index (χ3n) is 3.69. The fourth-order valence-corrected chi connectivity index (χ4v) is 3.61. The van der Waals surface area contributed by atoms with E-state index < -0.39 is 0 Å². The molecule has 3 rings (SSSR count). The van der Waals surface area contributed by atoms with Gasteiger partial charge in [-0.2, -0.15) is 0 Å². The van der Waals surface area contributed by atoms with Crippen molar-refractivity contribution in [2.45, 2.75) is 26.2 Å². The van der Waals surface area contributed by atoms with Gasteiger partial charge in [0.05, 0.1) is 5.39 Å². The Kier molecular flexibility index (Phi) is 5.20. The van der Waals surface area contributed by atoms with Crippen LogP contribution >= 0.6 is 11.3 Å². The minimum atomic E-state index is 0.266. The summed E-state index contributed by atoms with van der Waals surface area (Å²) in [6, 6.07) is 12.5. The average Bonchev–Trinajstić information content (AvgIpc) is 2.99. The van der Waals surface area contributed by atoms with Crippen LogP contribution in [0.25, 0.3) is 20.7 Å². The molecule has 0 aliphatic heterocycles. The maximum absolute atomic E-state index is 8.83. The van der Waals surface area contributed by atoms with Crippen LogP contribution < -0.4 is 5.32 Å². The molecule has 0 spiro atoms. The van der Waals surface area contributed by atoms with Gasteiger partial charge in [-0.1, -0.05) is 30.3 Å². The molecule has 0 amide bonds. The highest BCUT2D eigenvalue weighted by Crippen LogP contribution is 2.35. The lowest BCUT2D eigenvalue weighted by atomic mass is 10.2. The number of hydrogen-bond acceptors (Lipinski definition) is 5. The highest BCUT2D eigenvalue weighted by atomic mass is 32.1. The van der Waals surface area contributed by atoms with Gasteiger partial charge >= 0.3 is 0 Å². The molecule has 120 valence electrons. The molecule has 4 nitrogen and oxygen atoms in total. The lowest BCUT2D eigenvalue weighted by molar-refractivity contribution is 0.283. The van der Waals surface area contributed by atoms with Gasteiger partial charge in [0.25, 0.3) is 0 Å². The van der Waals surface area contributed by atoms with E-state index in [9.17, 15) is 0 Å². The maximum atomic E-state index is 8.83. The van der Waals surface area contributed by atoms with Gasteiger partial charge in [0.1, 0.15) is 16.5 Å². The molecule has 0 radical (unpaired) electrons. The normalized spacial score (nSPS) is 11.0. The summed E-state index contributed by atoms with van der Waals surface area (Å²) in [5.41, 5.74) is 1.21. The Labute approximate surface area is 140 Å². The van der Waals surface area contributed by atoms with Crippen LogP contribution in [0.15, 0.2) is 36.4 Å². The van der Waals surface area contributed by atoms with Crippen molar-refractivity contribution in [3.05, 3.63) is 42.2 Å². The Hall–Kier alpha value is -1.98. The van der Waals surface area contributed by atoms with E-state index in [0.717, 1.165) is 47.7 Å². The number of fused-ring (bicyclic) bond motifs is 1. The molecular formula is C18H21N3OS. The fourth-order valence-electron chi connectivity index (χ4n) is 2.53. The van der Waals surface area contributed by atoms with E-state index in [0.29, 0.717) is 0 Å². The first-order chi connectivity index (χ1) is 11.3. The first-order valence-electron chi connectivity index (χ1n) is 7.96. The zero-order chi connectivity index (χ0) is 16.1. The molecule has 0 bridgehead atoms. The Morgan fingerprint density at radius 3 is 2.70 bits per heavy atom. The molecule has 0 aliphatic rings. The first kappa shape index (κ1) is 15.9. The van der Waals surface area contributed by atoms with Gasteiger partial charge in [-0.3, -0.25) is 0 Å². The minimum absolute atomic E-state index is 0.266. The van der Waals surface area contributed by atoms with Crippen LogP contribution in [0.4, 0.5) is 5.82 Å². The number of hydrogen-bond donors (Lipinski definition) is 2. The quantitative estimate of drug-likeness (QED) is 0.637. The minimum Gasteiger partial charge on any atom is -0.396 e. The Morgan fingerprint density at radius 1 is 1.09 bits per heavy atom. The second kappa shape index (κ2) is 7.53. The first-order valence-corrected chi connectivity index (χ1v) is 8.78. The topological polar surface area (TPSA) is 58.0 Å². The molecule has 2 aromatic heterocycles. The molecule has 0 saturated carbocycles. The SMILES string of the molecule is Cc1nc(NCCCCCO)c2cc(-c3ccccc3)sc2n1. The third kappa shape index (κ3) is 3.86. The zero-order valence-corrected chi connectivity index (χ0v) is 14.1. The molecule has 23 heavy (non-hydrogen) atoms. The van der Waals surface area contributed by atoms with Crippen LogP contribution in [-0.4, -0.2) is 28.2 Å². The molecule has 0 atom stereocenters. The molecule has 2 heterocycles. The Morgan fingerprint density at radius 2 is 1.91 bits per heavy atom. The molecule has 1 aromatic carbocycles. The summed E-state index contributed by atoms with van der Waals surface area (Å²) < 4.78 is 0. The molecule has 3 aromatic rings. The van der Waals surface area contributed by atoms with Gasteiger partial charge in [-0.05, 0) is 37.8 Å². The average molecular weight is 327 g/mol. The van der Waals surface area contributed by atoms with Crippen LogP contribution in [0.3, 0.4) is 0 Å². The summed E-state index contributed by atoms with van der Waals surface area (Å²) in [5, 5.41) is 13.3. The molecule has 2 N–H and O–H groups in total. The number of nitrogens with one attached hydrogen (secondary N) is 1. The number of aryl methyl sites for hydroxylation is 1. The number of aromatic nitrogens is 2. The van der Waals surface area contributed by atoms with Crippen molar-refractivity contribution in [3.63, 3.8) is 0 Å². The van der Waals surface area contributed by atoms with Gasteiger partial charge in [0.15, 0.2) is 0 Å². The number of anilines is 1. The smallest absolute Gasteiger partial charge is 0.138 e. The predicted octanol–water partition coefficient (Wildman–Crippen LogP) is 4.24. The van der Waals surface area contributed by atoms with E-state index in [1.54, 1.807) is 11.3 Å². The molecule has 0 fully saturated rings. The summed E-state index contributed by atoms with van der Waals surface area (Å²) in [6.07, 6.45) is 2.91. The van der Waals surface area contributed by atoms with Gasteiger partial charge < -0.3 is 10.4 Å². The monoisotopic (exact) mass is 327 g/mol. The Bertz CT molecular complexity index is 771. The molecule has 5 heteroatoms. The van der Waals surface area contributed by atoms with E-state index in [1.807, 2.05) is 13.0 Å². The van der Waals surface area contributed by atoms with Gasteiger partial charge in [-0.15, -0.1) is 11.3 Å². The summed E-state index contributed by atoms with van der Waals surface area (Å²) in [4.78, 5) is 11.4. The van der Waals surface area contributed by atoms with Crippen molar-refractivity contribution < 1.29 is 5.11 Å². The summed E-state index contributed by atoms with van der Waals surface area (Å²) >= 11 is 1.70. The standard InChI is InChI=1S/C18H21N3OS/c1-13-20-17(19-10-6-3-7-11-22)15-12-16(23-18(15)21-13)14-8-4-2-5-9-14/h2,4-5,8-9,12,22H,3,6-7,10-11H2,1H3,(H,19,20,21). The lowest BCUT2D eigenvalue weighted by Gasteiger charge is -2.07. The fraction of sp³-hybridized carbons (Fsp3) is 0.333. The van der Waals surface area contributed by atoms with Crippen LogP contribution in [0.5, 0.6) is 0 Å². The van der Waals surface area contributed by atoms with E-state index in [2.05, 4.69) is 45.6 Å². The van der Waals surface area contributed by atoms with Crippen molar-refractivity contribution >= 4 is 27.4 Å². The Balaban J connectivity index is 1.84. The summed E-state index contributed by atoms with van der Waals surface area (Å²) in [6.45, 7) is 3.06. The van der Waals surface area contributed by atoms with Crippen molar-refractivity contribution in [1.29, 1.82) is 0 Å². The largest absolute Gasteiger partial charge is 0.396 e. The molecule has 0 unspecified atom stereocenters.